The number of carbonyl (C=O) groups excluding carboxylic acids is 1. The van der Waals surface area contributed by atoms with E-state index in [0.717, 1.165) is 39.1 Å². The van der Waals surface area contributed by atoms with Gasteiger partial charge in [0.15, 0.2) is 11.3 Å². The van der Waals surface area contributed by atoms with E-state index in [2.05, 4.69) is 128 Å². The predicted molar refractivity (Wildman–Crippen MR) is 148 cm³/mol. The van der Waals surface area contributed by atoms with Gasteiger partial charge in [0.25, 0.3) is 0 Å². The lowest BCUT2D eigenvalue weighted by atomic mass is 9.68. The Labute approximate surface area is 213 Å². The van der Waals surface area contributed by atoms with Crippen molar-refractivity contribution in [1.29, 1.82) is 0 Å². The molecule has 0 N–H and O–H groups in total. The normalized spacial score (nSPS) is 21.7. The molecule has 1 fully saturated rings. The van der Waals surface area contributed by atoms with Gasteiger partial charge in [-0.1, -0.05) is 128 Å². The van der Waals surface area contributed by atoms with Crippen LogP contribution >= 0.6 is 0 Å². The van der Waals surface area contributed by atoms with Crippen LogP contribution in [0.15, 0.2) is 127 Å². The van der Waals surface area contributed by atoms with E-state index in [1.807, 2.05) is 12.1 Å². The van der Waals surface area contributed by atoms with Crippen LogP contribution in [0.3, 0.4) is 0 Å². The zero-order valence-corrected chi connectivity index (χ0v) is 20.7. The molecule has 0 bridgehead atoms. The van der Waals surface area contributed by atoms with Crippen LogP contribution in [0.1, 0.15) is 36.1 Å². The highest BCUT2D eigenvalue weighted by Gasteiger charge is 2.59. The van der Waals surface area contributed by atoms with E-state index < -0.39 is 5.54 Å². The number of nitrogens with zero attached hydrogens (tertiary/aromatic N) is 1. The minimum atomic E-state index is -0.893. The second kappa shape index (κ2) is 8.80. The second-order valence-corrected chi connectivity index (χ2v) is 9.76. The fourth-order valence-electron chi connectivity index (χ4n) is 6.18. The monoisotopic (exact) mass is 467 g/mol. The van der Waals surface area contributed by atoms with Crippen molar-refractivity contribution in [3.8, 4) is 0 Å². The third-order valence-electron chi connectivity index (χ3n) is 7.67. The highest BCUT2D eigenvalue weighted by Crippen LogP contribution is 2.58. The van der Waals surface area contributed by atoms with Crippen molar-refractivity contribution < 1.29 is 4.79 Å². The molecule has 36 heavy (non-hydrogen) atoms. The highest BCUT2D eigenvalue weighted by molar-refractivity contribution is 6.24. The Balaban J connectivity index is 1.83. The molecule has 0 spiro atoms. The van der Waals surface area contributed by atoms with Crippen LogP contribution in [0.5, 0.6) is 0 Å². The number of Topliss-reactive ketones (excluding diaryl/α,β-unsaturated/α-hetero) is 1. The maximum atomic E-state index is 14.5. The molecule has 2 heteroatoms. The Morgan fingerprint density at radius 2 is 1.08 bits per heavy atom. The van der Waals surface area contributed by atoms with E-state index in [0.29, 0.717) is 6.54 Å². The van der Waals surface area contributed by atoms with Gasteiger partial charge in [-0.15, -0.1) is 0 Å². The van der Waals surface area contributed by atoms with E-state index in [1.54, 1.807) is 0 Å². The van der Waals surface area contributed by atoms with Crippen LogP contribution in [-0.2, 0) is 10.3 Å². The number of ketones is 1. The Kier molecular flexibility index (Phi) is 5.45. The standard InChI is InChI=1S/C34H29NO/c1-24-23-35-25(2)30(26-15-7-3-8-16-26)31(27-17-9-4-10-18-27)32(28-19-11-5-12-20-28)34(35,33(24)36)29-21-13-6-14-22-29/h3-22,24H,23H2,1-2H3. The summed E-state index contributed by atoms with van der Waals surface area (Å²) >= 11 is 0. The van der Waals surface area contributed by atoms with Gasteiger partial charge in [-0.25, -0.2) is 0 Å². The van der Waals surface area contributed by atoms with Gasteiger partial charge in [0.1, 0.15) is 0 Å². The third-order valence-corrected chi connectivity index (χ3v) is 7.67. The Morgan fingerprint density at radius 1 is 0.639 bits per heavy atom. The van der Waals surface area contributed by atoms with Crippen LogP contribution in [0.2, 0.25) is 0 Å². The van der Waals surface area contributed by atoms with Gasteiger partial charge in [0.2, 0.25) is 0 Å². The molecule has 4 aromatic rings. The summed E-state index contributed by atoms with van der Waals surface area (Å²) < 4.78 is 0. The van der Waals surface area contributed by atoms with E-state index in [4.69, 9.17) is 0 Å². The van der Waals surface area contributed by atoms with Gasteiger partial charge in [-0.3, -0.25) is 4.79 Å². The highest BCUT2D eigenvalue weighted by atomic mass is 16.1. The molecule has 0 amide bonds. The predicted octanol–water partition coefficient (Wildman–Crippen LogP) is 7.46. The fraction of sp³-hybridized carbons (Fsp3) is 0.147. The van der Waals surface area contributed by atoms with Crippen LogP contribution in [0.25, 0.3) is 16.7 Å². The summed E-state index contributed by atoms with van der Waals surface area (Å²) in [5.41, 5.74) is 8.03. The molecule has 2 unspecified atom stereocenters. The first kappa shape index (κ1) is 22.3. The number of benzene rings is 4. The molecule has 0 aromatic heterocycles. The van der Waals surface area contributed by atoms with Crippen molar-refractivity contribution in [2.75, 3.05) is 6.54 Å². The van der Waals surface area contributed by atoms with Crippen molar-refractivity contribution in [2.24, 2.45) is 5.92 Å². The zero-order chi connectivity index (χ0) is 24.7. The first-order valence-corrected chi connectivity index (χ1v) is 12.6. The SMILES string of the molecule is CC1=C(c2ccccc2)C(c2ccccc2)=C(c2ccccc2)C2(c3ccccc3)C(=O)C(C)CN12. The maximum absolute atomic E-state index is 14.5. The summed E-state index contributed by atoms with van der Waals surface area (Å²) in [7, 11) is 0. The molecule has 6 rings (SSSR count). The fourth-order valence-corrected chi connectivity index (χ4v) is 6.18. The van der Waals surface area contributed by atoms with Gasteiger partial charge in [-0.05, 0) is 34.8 Å². The molecular formula is C34H29NO. The third kappa shape index (κ3) is 3.21. The van der Waals surface area contributed by atoms with Gasteiger partial charge < -0.3 is 4.90 Å². The number of hydrogen-bond acceptors (Lipinski definition) is 2. The Hall–Kier alpha value is -4.17. The first-order valence-electron chi connectivity index (χ1n) is 12.6. The first-order chi connectivity index (χ1) is 17.6. The smallest absolute Gasteiger partial charge is 0.172 e. The van der Waals surface area contributed by atoms with E-state index >= 15 is 0 Å². The Morgan fingerprint density at radius 3 is 1.61 bits per heavy atom. The van der Waals surface area contributed by atoms with Crippen LogP contribution in [0.4, 0.5) is 0 Å². The van der Waals surface area contributed by atoms with Gasteiger partial charge >= 0.3 is 0 Å². The van der Waals surface area contributed by atoms with Crippen molar-refractivity contribution in [2.45, 2.75) is 19.4 Å². The maximum Gasteiger partial charge on any atom is 0.172 e. The van der Waals surface area contributed by atoms with Crippen LogP contribution in [0, 0.1) is 5.92 Å². The summed E-state index contributed by atoms with van der Waals surface area (Å²) in [5, 5.41) is 0. The number of hydrogen-bond donors (Lipinski definition) is 0. The number of carbonyl (C=O) groups is 1. The van der Waals surface area contributed by atoms with Crippen molar-refractivity contribution >= 4 is 22.5 Å². The molecule has 4 aromatic carbocycles. The minimum absolute atomic E-state index is 0.0917. The summed E-state index contributed by atoms with van der Waals surface area (Å²) in [4.78, 5) is 16.9. The number of allylic oxidation sites excluding steroid dienone is 3. The summed E-state index contributed by atoms with van der Waals surface area (Å²) in [5.74, 6) is 0.165. The van der Waals surface area contributed by atoms with Crippen molar-refractivity contribution in [1.82, 2.24) is 4.90 Å². The van der Waals surface area contributed by atoms with E-state index in [1.165, 1.54) is 5.57 Å². The van der Waals surface area contributed by atoms with E-state index in [9.17, 15) is 4.79 Å². The minimum Gasteiger partial charge on any atom is -0.354 e. The quantitative estimate of drug-likeness (QED) is 0.310. The molecule has 2 heterocycles. The van der Waals surface area contributed by atoms with Gasteiger partial charge in [-0.2, -0.15) is 0 Å². The zero-order valence-electron chi connectivity index (χ0n) is 20.7. The van der Waals surface area contributed by atoms with Crippen molar-refractivity contribution in [3.05, 3.63) is 149 Å². The molecule has 176 valence electrons. The molecule has 2 nitrogen and oxygen atoms in total. The van der Waals surface area contributed by atoms with E-state index in [-0.39, 0.29) is 11.7 Å². The average molecular weight is 468 g/mol. The van der Waals surface area contributed by atoms with Gasteiger partial charge in [0.05, 0.1) is 0 Å². The van der Waals surface area contributed by atoms with Gasteiger partial charge in [0, 0.05) is 29.3 Å². The summed E-state index contributed by atoms with van der Waals surface area (Å²) in [6.45, 7) is 4.95. The largest absolute Gasteiger partial charge is 0.354 e. The second-order valence-electron chi connectivity index (χ2n) is 9.76. The lowest BCUT2D eigenvalue weighted by molar-refractivity contribution is -0.124. The molecule has 1 saturated heterocycles. The van der Waals surface area contributed by atoms with Crippen LogP contribution < -0.4 is 0 Å². The number of rotatable bonds is 4. The topological polar surface area (TPSA) is 20.3 Å². The average Bonchev–Trinajstić information content (AvgIpc) is 3.22. The summed E-state index contributed by atoms with van der Waals surface area (Å²) in [6.07, 6.45) is 0. The van der Waals surface area contributed by atoms with Crippen molar-refractivity contribution in [3.63, 3.8) is 0 Å². The molecule has 0 saturated carbocycles. The lowest BCUT2D eigenvalue weighted by Gasteiger charge is -2.47. The number of fused-ring (bicyclic) bond motifs is 1. The molecule has 2 aliphatic rings. The van der Waals surface area contributed by atoms with Crippen LogP contribution in [-0.4, -0.2) is 17.2 Å². The molecule has 0 radical (unpaired) electrons. The molecule has 0 aliphatic carbocycles. The summed E-state index contributed by atoms with van der Waals surface area (Å²) in [6, 6.07) is 42.0. The molecule has 2 aliphatic heterocycles. The molecular weight excluding hydrogens is 438 g/mol. The Bertz CT molecular complexity index is 1470. The lowest BCUT2D eigenvalue weighted by Crippen LogP contribution is -2.48. The molecule has 2 atom stereocenters.